The van der Waals surface area contributed by atoms with E-state index in [9.17, 15) is 0 Å². The molecule has 1 aliphatic rings. The Kier molecular flexibility index (Phi) is 4.42. The molecular formula is C17H17ClN2S. The molecule has 0 aromatic heterocycles. The summed E-state index contributed by atoms with van der Waals surface area (Å²) in [7, 11) is 0. The number of anilines is 2. The summed E-state index contributed by atoms with van der Waals surface area (Å²) in [5, 5.41) is 7.57. The third kappa shape index (κ3) is 3.74. The largest absolute Gasteiger partial charge is 0.332 e. The lowest BCUT2D eigenvalue weighted by Gasteiger charge is -2.25. The lowest BCUT2D eigenvalue weighted by atomic mass is 9.80. The minimum absolute atomic E-state index is 0.564. The summed E-state index contributed by atoms with van der Waals surface area (Å²) in [6.45, 7) is 0. The molecule has 2 aromatic carbocycles. The van der Waals surface area contributed by atoms with Crippen LogP contribution in [0.4, 0.5) is 11.4 Å². The standard InChI is InChI=1S/C17H17ClN2S/c18-14-5-2-6-16(11-14)20-17(21)19-15-9-7-13(8-10-15)12-3-1-4-12/h2,5-12H,1,3-4H2,(H2,19,20,21). The molecule has 0 saturated heterocycles. The van der Waals surface area contributed by atoms with Gasteiger partial charge in [0, 0.05) is 16.4 Å². The molecule has 0 bridgehead atoms. The van der Waals surface area contributed by atoms with Crippen molar-refractivity contribution < 1.29 is 0 Å². The summed E-state index contributed by atoms with van der Waals surface area (Å²) in [4.78, 5) is 0. The molecule has 0 aliphatic heterocycles. The SMILES string of the molecule is S=C(Nc1ccc(C2CCC2)cc1)Nc1cccc(Cl)c1. The van der Waals surface area contributed by atoms with Gasteiger partial charge in [-0.1, -0.05) is 36.2 Å². The second kappa shape index (κ2) is 6.46. The summed E-state index contributed by atoms with van der Waals surface area (Å²) < 4.78 is 0. The number of halogens is 1. The van der Waals surface area contributed by atoms with E-state index in [2.05, 4.69) is 34.9 Å². The number of hydrogen-bond donors (Lipinski definition) is 2. The van der Waals surface area contributed by atoms with Gasteiger partial charge in [0.15, 0.2) is 5.11 Å². The van der Waals surface area contributed by atoms with Gasteiger partial charge in [0.1, 0.15) is 0 Å². The molecule has 0 amide bonds. The fourth-order valence-corrected chi connectivity index (χ4v) is 2.87. The molecule has 2 N–H and O–H groups in total. The fraction of sp³-hybridized carbons (Fsp3) is 0.235. The van der Waals surface area contributed by atoms with Crippen LogP contribution < -0.4 is 10.6 Å². The average molecular weight is 317 g/mol. The van der Waals surface area contributed by atoms with Crippen LogP contribution in [0.5, 0.6) is 0 Å². The number of thiocarbonyl (C=S) groups is 1. The van der Waals surface area contributed by atoms with Crippen molar-refractivity contribution in [1.29, 1.82) is 0 Å². The first-order valence-corrected chi connectivity index (χ1v) is 7.93. The third-order valence-electron chi connectivity index (χ3n) is 3.83. The molecule has 1 aliphatic carbocycles. The van der Waals surface area contributed by atoms with Crippen molar-refractivity contribution in [2.45, 2.75) is 25.2 Å². The highest BCUT2D eigenvalue weighted by molar-refractivity contribution is 7.80. The highest BCUT2D eigenvalue weighted by Crippen LogP contribution is 2.36. The number of rotatable bonds is 3. The summed E-state index contributed by atoms with van der Waals surface area (Å²) in [6.07, 6.45) is 4.00. The molecule has 21 heavy (non-hydrogen) atoms. The predicted molar refractivity (Wildman–Crippen MR) is 94.3 cm³/mol. The van der Waals surface area contributed by atoms with E-state index in [1.807, 2.05) is 24.3 Å². The zero-order valence-corrected chi connectivity index (χ0v) is 13.2. The lowest BCUT2D eigenvalue weighted by Crippen LogP contribution is -2.19. The maximum Gasteiger partial charge on any atom is 0.175 e. The van der Waals surface area contributed by atoms with Gasteiger partial charge in [-0.3, -0.25) is 0 Å². The van der Waals surface area contributed by atoms with Crippen molar-refractivity contribution in [3.63, 3.8) is 0 Å². The highest BCUT2D eigenvalue weighted by Gasteiger charge is 2.18. The molecule has 0 spiro atoms. The van der Waals surface area contributed by atoms with Gasteiger partial charge in [-0.15, -0.1) is 0 Å². The van der Waals surface area contributed by atoms with E-state index in [1.54, 1.807) is 0 Å². The summed E-state index contributed by atoms with van der Waals surface area (Å²) in [5.41, 5.74) is 3.31. The first kappa shape index (κ1) is 14.4. The van der Waals surface area contributed by atoms with E-state index in [1.165, 1.54) is 24.8 Å². The van der Waals surface area contributed by atoms with Gasteiger partial charge in [0.25, 0.3) is 0 Å². The Morgan fingerprint density at radius 3 is 2.33 bits per heavy atom. The smallest absolute Gasteiger partial charge is 0.175 e. The van der Waals surface area contributed by atoms with E-state index in [0.717, 1.165) is 17.3 Å². The second-order valence-electron chi connectivity index (χ2n) is 5.34. The molecular weight excluding hydrogens is 300 g/mol. The maximum atomic E-state index is 5.95. The molecule has 3 rings (SSSR count). The van der Waals surface area contributed by atoms with E-state index in [0.29, 0.717) is 10.1 Å². The van der Waals surface area contributed by atoms with Crippen LogP contribution >= 0.6 is 23.8 Å². The fourth-order valence-electron chi connectivity index (χ4n) is 2.44. The van der Waals surface area contributed by atoms with E-state index >= 15 is 0 Å². The lowest BCUT2D eigenvalue weighted by molar-refractivity contribution is 0.420. The van der Waals surface area contributed by atoms with Gasteiger partial charge >= 0.3 is 0 Å². The van der Waals surface area contributed by atoms with Crippen molar-refractivity contribution in [2.75, 3.05) is 10.6 Å². The Hall–Kier alpha value is -1.58. The molecule has 4 heteroatoms. The third-order valence-corrected chi connectivity index (χ3v) is 4.27. The quantitative estimate of drug-likeness (QED) is 0.740. The number of benzene rings is 2. The molecule has 1 fully saturated rings. The van der Waals surface area contributed by atoms with Gasteiger partial charge < -0.3 is 10.6 Å². The van der Waals surface area contributed by atoms with Gasteiger partial charge in [0.2, 0.25) is 0 Å². The minimum atomic E-state index is 0.564. The van der Waals surface area contributed by atoms with Crippen LogP contribution in [0.25, 0.3) is 0 Å². The Balaban J connectivity index is 1.59. The monoisotopic (exact) mass is 316 g/mol. The summed E-state index contributed by atoms with van der Waals surface area (Å²) in [5.74, 6) is 0.760. The molecule has 0 unspecified atom stereocenters. The van der Waals surface area contributed by atoms with Crippen LogP contribution in [0.3, 0.4) is 0 Å². The Bertz CT molecular complexity index is 635. The normalized spacial score (nSPS) is 14.3. The van der Waals surface area contributed by atoms with Gasteiger partial charge in [-0.2, -0.15) is 0 Å². The van der Waals surface area contributed by atoms with Crippen molar-refractivity contribution in [1.82, 2.24) is 0 Å². The van der Waals surface area contributed by atoms with Crippen LogP contribution in [0.1, 0.15) is 30.7 Å². The molecule has 0 atom stereocenters. The average Bonchev–Trinajstić information content (AvgIpc) is 2.39. The Morgan fingerprint density at radius 1 is 1.00 bits per heavy atom. The number of nitrogens with one attached hydrogen (secondary N) is 2. The molecule has 0 heterocycles. The van der Waals surface area contributed by atoms with Crippen LogP contribution in [0.15, 0.2) is 48.5 Å². The Labute approximate surface area is 135 Å². The van der Waals surface area contributed by atoms with E-state index in [-0.39, 0.29) is 0 Å². The maximum absolute atomic E-state index is 5.95. The van der Waals surface area contributed by atoms with Gasteiger partial charge in [-0.25, -0.2) is 0 Å². The first-order chi connectivity index (χ1) is 10.2. The summed E-state index contributed by atoms with van der Waals surface area (Å²) in [6, 6.07) is 16.0. The van der Waals surface area contributed by atoms with Gasteiger partial charge in [-0.05, 0) is 66.9 Å². The molecule has 0 radical (unpaired) electrons. The zero-order valence-electron chi connectivity index (χ0n) is 11.6. The Morgan fingerprint density at radius 2 is 1.71 bits per heavy atom. The minimum Gasteiger partial charge on any atom is -0.332 e. The van der Waals surface area contributed by atoms with Crippen LogP contribution in [0, 0.1) is 0 Å². The van der Waals surface area contributed by atoms with E-state index in [4.69, 9.17) is 23.8 Å². The predicted octanol–water partition coefficient (Wildman–Crippen LogP) is 5.42. The van der Waals surface area contributed by atoms with Crippen molar-refractivity contribution >= 4 is 40.3 Å². The van der Waals surface area contributed by atoms with Crippen molar-refractivity contribution in [2.24, 2.45) is 0 Å². The summed E-state index contributed by atoms with van der Waals surface area (Å²) >= 11 is 11.3. The van der Waals surface area contributed by atoms with Crippen LogP contribution in [-0.2, 0) is 0 Å². The molecule has 1 saturated carbocycles. The molecule has 2 nitrogen and oxygen atoms in total. The van der Waals surface area contributed by atoms with Crippen LogP contribution in [-0.4, -0.2) is 5.11 Å². The first-order valence-electron chi connectivity index (χ1n) is 7.14. The molecule has 2 aromatic rings. The van der Waals surface area contributed by atoms with Crippen molar-refractivity contribution in [3.8, 4) is 0 Å². The van der Waals surface area contributed by atoms with Gasteiger partial charge in [0.05, 0.1) is 0 Å². The van der Waals surface area contributed by atoms with Crippen LogP contribution in [0.2, 0.25) is 5.02 Å². The zero-order chi connectivity index (χ0) is 14.7. The van der Waals surface area contributed by atoms with E-state index < -0.39 is 0 Å². The van der Waals surface area contributed by atoms with Crippen molar-refractivity contribution in [3.05, 3.63) is 59.1 Å². The highest BCUT2D eigenvalue weighted by atomic mass is 35.5. The molecule has 108 valence electrons. The topological polar surface area (TPSA) is 24.1 Å². The number of hydrogen-bond acceptors (Lipinski definition) is 1. The second-order valence-corrected chi connectivity index (χ2v) is 6.18.